The molecule has 0 aromatic rings. The van der Waals surface area contributed by atoms with Crippen molar-refractivity contribution in [1.82, 2.24) is 0 Å². The van der Waals surface area contributed by atoms with Crippen molar-refractivity contribution in [3.8, 4) is 0 Å². The van der Waals surface area contributed by atoms with Gasteiger partial charge in [0.2, 0.25) is 0 Å². The van der Waals surface area contributed by atoms with Crippen LogP contribution in [0.3, 0.4) is 0 Å². The van der Waals surface area contributed by atoms with Crippen LogP contribution in [-0.2, 0) is 0 Å². The summed E-state index contributed by atoms with van der Waals surface area (Å²) < 4.78 is 34.5. The quantitative estimate of drug-likeness (QED) is 0.496. The van der Waals surface area contributed by atoms with Crippen LogP contribution in [0.4, 0.5) is 13.2 Å². The largest absolute Gasteiger partial charge is 0.421 e. The van der Waals surface area contributed by atoms with E-state index in [-0.39, 0.29) is 0 Å². The summed E-state index contributed by atoms with van der Waals surface area (Å²) in [6.45, 7) is 0. The summed E-state index contributed by atoms with van der Waals surface area (Å²) in [4.78, 5) is 0. The lowest BCUT2D eigenvalue weighted by Gasteiger charge is -2.02. The van der Waals surface area contributed by atoms with Gasteiger partial charge < -0.3 is 0 Å². The predicted octanol–water partition coefficient (Wildman–Crippen LogP) is 3.30. The molecule has 5 heteroatoms. The van der Waals surface area contributed by atoms with E-state index in [9.17, 15) is 13.2 Å². The van der Waals surface area contributed by atoms with Crippen LogP contribution in [0.1, 0.15) is 0 Å². The second-order valence-corrected chi connectivity index (χ2v) is 3.25. The first-order valence-corrected chi connectivity index (χ1v) is 4.57. The zero-order valence-electron chi connectivity index (χ0n) is 4.17. The minimum absolute atomic E-state index is 0.398. The lowest BCUT2D eigenvalue weighted by Crippen LogP contribution is -2.06. The Kier molecular flexibility index (Phi) is 4.43. The van der Waals surface area contributed by atoms with E-state index in [2.05, 4.69) is 0 Å². The number of halogens is 5. The molecule has 0 N–H and O–H groups in total. The summed E-state index contributed by atoms with van der Waals surface area (Å²) in [6.07, 6.45) is -3.01. The molecular formula is C4H3F3I2. The average Bonchev–Trinajstić information content (AvgIpc) is 1.64. The van der Waals surface area contributed by atoms with E-state index in [4.69, 9.17) is 0 Å². The van der Waals surface area contributed by atoms with Crippen LogP contribution in [0.5, 0.6) is 0 Å². The average molecular weight is 362 g/mol. The minimum Gasteiger partial charge on any atom is -0.166 e. The van der Waals surface area contributed by atoms with E-state index < -0.39 is 9.76 Å². The van der Waals surface area contributed by atoms with Gasteiger partial charge in [0.1, 0.15) is 0 Å². The van der Waals surface area contributed by atoms with Gasteiger partial charge in [-0.1, -0.05) is 28.7 Å². The van der Waals surface area contributed by atoms with Gasteiger partial charge in [-0.3, -0.25) is 0 Å². The van der Waals surface area contributed by atoms with Gasteiger partial charge >= 0.3 is 6.18 Å². The van der Waals surface area contributed by atoms with Crippen LogP contribution in [-0.4, -0.2) is 10.6 Å². The maximum atomic E-state index is 11.6. The molecule has 0 radical (unpaired) electrons. The lowest BCUT2D eigenvalue weighted by molar-refractivity contribution is -0.0818. The smallest absolute Gasteiger partial charge is 0.166 e. The fourth-order valence-electron chi connectivity index (χ4n) is 0.183. The van der Waals surface area contributed by atoms with Gasteiger partial charge in [-0.25, -0.2) is 0 Å². The normalized spacial score (nSPS) is 14.1. The van der Waals surface area contributed by atoms with Gasteiger partial charge in [0.25, 0.3) is 0 Å². The molecule has 0 fully saturated rings. The molecule has 0 nitrogen and oxygen atoms in total. The van der Waals surface area contributed by atoms with Gasteiger partial charge in [0.05, 0.1) is 3.58 Å². The highest BCUT2D eigenvalue weighted by molar-refractivity contribution is 14.1. The molecule has 0 spiro atoms. The summed E-state index contributed by atoms with van der Waals surface area (Å²) in [5.41, 5.74) is 0. The molecule has 0 bridgehead atoms. The summed E-state index contributed by atoms with van der Waals surface area (Å²) in [5.74, 6) is 0. The molecule has 0 atom stereocenters. The fourth-order valence-corrected chi connectivity index (χ4v) is 1.69. The van der Waals surface area contributed by atoms with E-state index >= 15 is 0 Å². The SMILES string of the molecule is FC(F)(F)C(I)=CCI. The van der Waals surface area contributed by atoms with Gasteiger partial charge in [-0.2, -0.15) is 13.2 Å². The van der Waals surface area contributed by atoms with Crippen LogP contribution >= 0.6 is 45.2 Å². The van der Waals surface area contributed by atoms with E-state index in [1.807, 2.05) is 22.6 Å². The third kappa shape index (κ3) is 4.40. The summed E-state index contributed by atoms with van der Waals surface area (Å²) in [7, 11) is 0. The molecule has 0 unspecified atom stereocenters. The number of alkyl halides is 4. The van der Waals surface area contributed by atoms with Crippen LogP contribution in [0.2, 0.25) is 0 Å². The van der Waals surface area contributed by atoms with E-state index in [1.54, 1.807) is 0 Å². The molecule has 0 aromatic heterocycles. The van der Waals surface area contributed by atoms with Crippen molar-refractivity contribution in [2.45, 2.75) is 6.18 Å². The summed E-state index contributed by atoms with van der Waals surface area (Å²) in [6, 6.07) is 0. The van der Waals surface area contributed by atoms with Crippen LogP contribution < -0.4 is 0 Å². The number of rotatable bonds is 1. The maximum absolute atomic E-state index is 11.6. The predicted molar refractivity (Wildman–Crippen MR) is 47.0 cm³/mol. The number of hydrogen-bond acceptors (Lipinski definition) is 0. The second-order valence-electron chi connectivity index (χ2n) is 1.20. The highest BCUT2D eigenvalue weighted by Gasteiger charge is 2.30. The zero-order valence-corrected chi connectivity index (χ0v) is 8.49. The van der Waals surface area contributed by atoms with E-state index in [0.717, 1.165) is 6.08 Å². The third-order valence-electron chi connectivity index (χ3n) is 0.527. The lowest BCUT2D eigenvalue weighted by atomic mass is 10.5. The molecule has 0 aromatic carbocycles. The van der Waals surface area contributed by atoms with Crippen molar-refractivity contribution >= 4 is 45.2 Å². The van der Waals surface area contributed by atoms with Crippen molar-refractivity contribution < 1.29 is 13.2 Å². The molecule has 0 rings (SSSR count). The molecule has 0 aliphatic rings. The van der Waals surface area contributed by atoms with Crippen molar-refractivity contribution in [2.75, 3.05) is 4.43 Å². The summed E-state index contributed by atoms with van der Waals surface area (Å²) >= 11 is 3.14. The Hall–Kier alpha value is 0.990. The first kappa shape index (κ1) is 9.99. The monoisotopic (exact) mass is 362 g/mol. The Morgan fingerprint density at radius 1 is 1.44 bits per heavy atom. The number of allylic oxidation sites excluding steroid dienone is 2. The third-order valence-corrected chi connectivity index (χ3v) is 2.02. The first-order valence-electron chi connectivity index (χ1n) is 1.97. The van der Waals surface area contributed by atoms with Crippen molar-refractivity contribution in [1.29, 1.82) is 0 Å². The summed E-state index contributed by atoms with van der Waals surface area (Å²) in [5, 5.41) is 0. The highest BCUT2D eigenvalue weighted by atomic mass is 127. The molecule has 0 saturated carbocycles. The minimum atomic E-state index is -4.15. The standard InChI is InChI=1S/C4H3F3I2/c5-4(6,7)3(9)1-2-8/h1H,2H2. The maximum Gasteiger partial charge on any atom is 0.421 e. The topological polar surface area (TPSA) is 0 Å². The molecular weight excluding hydrogens is 359 g/mol. The molecule has 9 heavy (non-hydrogen) atoms. The Balaban J connectivity index is 4.03. The van der Waals surface area contributed by atoms with Crippen molar-refractivity contribution in [3.63, 3.8) is 0 Å². The van der Waals surface area contributed by atoms with Gasteiger partial charge in [-0.15, -0.1) is 0 Å². The number of hydrogen-bond donors (Lipinski definition) is 0. The first-order chi connectivity index (χ1) is 3.98. The second kappa shape index (κ2) is 3.99. The van der Waals surface area contributed by atoms with Gasteiger partial charge in [-0.05, 0) is 22.6 Å². The Bertz CT molecular complexity index is 115. The van der Waals surface area contributed by atoms with Crippen LogP contribution in [0, 0.1) is 0 Å². The molecule has 0 amide bonds. The van der Waals surface area contributed by atoms with Crippen molar-refractivity contribution in [2.24, 2.45) is 0 Å². The Labute approximate surface area is 78.2 Å². The molecule has 54 valence electrons. The van der Waals surface area contributed by atoms with Gasteiger partial charge in [0, 0.05) is 4.43 Å². The van der Waals surface area contributed by atoms with Crippen LogP contribution in [0.15, 0.2) is 9.66 Å². The van der Waals surface area contributed by atoms with Crippen LogP contribution in [0.25, 0.3) is 0 Å². The van der Waals surface area contributed by atoms with E-state index in [0.29, 0.717) is 4.43 Å². The molecule has 0 aliphatic carbocycles. The molecule has 0 heterocycles. The molecule has 0 saturated heterocycles. The van der Waals surface area contributed by atoms with E-state index in [1.165, 1.54) is 22.6 Å². The Morgan fingerprint density at radius 2 is 1.89 bits per heavy atom. The zero-order chi connectivity index (χ0) is 7.49. The van der Waals surface area contributed by atoms with Crippen molar-refractivity contribution in [3.05, 3.63) is 9.66 Å². The Morgan fingerprint density at radius 3 is 2.00 bits per heavy atom. The fraction of sp³-hybridized carbons (Fsp3) is 0.500. The molecule has 0 aliphatic heterocycles. The van der Waals surface area contributed by atoms with Gasteiger partial charge in [0.15, 0.2) is 0 Å². The highest BCUT2D eigenvalue weighted by Crippen LogP contribution is 2.30.